The summed E-state index contributed by atoms with van der Waals surface area (Å²) in [5.41, 5.74) is 4.58. The van der Waals surface area contributed by atoms with Crippen molar-refractivity contribution in [2.45, 2.75) is 49.8 Å². The standard InChI is InChI=1S/C23H25NO2S/c1-4-5-9-18-15-21-16(2)14-17(3)22(21)23-20(18)12-13-24(23)27(25,26)19-10-7-6-8-11-19/h4,6-8,10-13,15-17H,1,5,9,14H2,2-3H3/t16-,17-/m1/s1. The summed E-state index contributed by atoms with van der Waals surface area (Å²) >= 11 is 0. The number of rotatable bonds is 5. The summed E-state index contributed by atoms with van der Waals surface area (Å²) in [5.74, 6) is 0.801. The number of aromatic nitrogens is 1. The van der Waals surface area contributed by atoms with Gasteiger partial charge in [-0.15, -0.1) is 6.58 Å². The number of hydrogen-bond acceptors (Lipinski definition) is 2. The largest absolute Gasteiger partial charge is 0.268 e. The molecule has 3 nitrogen and oxygen atoms in total. The van der Waals surface area contributed by atoms with E-state index >= 15 is 0 Å². The van der Waals surface area contributed by atoms with Gasteiger partial charge in [0.2, 0.25) is 0 Å². The molecule has 2 aromatic carbocycles. The normalized spacial score (nSPS) is 19.3. The van der Waals surface area contributed by atoms with Crippen molar-refractivity contribution in [1.29, 1.82) is 0 Å². The molecule has 0 amide bonds. The lowest BCUT2D eigenvalue weighted by atomic mass is 9.94. The minimum absolute atomic E-state index is 0.325. The predicted molar refractivity (Wildman–Crippen MR) is 111 cm³/mol. The highest BCUT2D eigenvalue weighted by molar-refractivity contribution is 7.90. The van der Waals surface area contributed by atoms with E-state index in [0.29, 0.717) is 16.7 Å². The monoisotopic (exact) mass is 379 g/mol. The van der Waals surface area contributed by atoms with Crippen LogP contribution in [0.5, 0.6) is 0 Å². The smallest absolute Gasteiger partial charge is 0.241 e. The summed E-state index contributed by atoms with van der Waals surface area (Å²) in [6.07, 6.45) is 6.47. The topological polar surface area (TPSA) is 39.1 Å². The molecule has 1 aliphatic carbocycles. The first kappa shape index (κ1) is 18.1. The van der Waals surface area contributed by atoms with Gasteiger partial charge in [0.25, 0.3) is 10.0 Å². The quantitative estimate of drug-likeness (QED) is 0.541. The van der Waals surface area contributed by atoms with Gasteiger partial charge in [-0.25, -0.2) is 12.4 Å². The predicted octanol–water partition coefficient (Wildman–Crippen LogP) is 5.61. The van der Waals surface area contributed by atoms with Gasteiger partial charge in [-0.2, -0.15) is 0 Å². The van der Waals surface area contributed by atoms with E-state index in [0.717, 1.165) is 30.2 Å². The van der Waals surface area contributed by atoms with Gasteiger partial charge < -0.3 is 0 Å². The molecule has 1 aromatic heterocycles. The lowest BCUT2D eigenvalue weighted by Gasteiger charge is -2.15. The molecule has 4 heteroatoms. The Bertz CT molecular complexity index is 1110. The fourth-order valence-electron chi connectivity index (χ4n) is 4.49. The van der Waals surface area contributed by atoms with Crippen LogP contribution < -0.4 is 0 Å². The SMILES string of the molecule is C=CCCc1cc2c(c3c1ccn3S(=O)(=O)c1ccccc1)[C@H](C)C[C@H]2C. The Morgan fingerprint density at radius 2 is 1.89 bits per heavy atom. The van der Waals surface area contributed by atoms with Crippen LogP contribution in [0.2, 0.25) is 0 Å². The van der Waals surface area contributed by atoms with E-state index in [9.17, 15) is 8.42 Å². The van der Waals surface area contributed by atoms with Crippen LogP contribution in [-0.4, -0.2) is 12.4 Å². The molecule has 0 saturated carbocycles. The van der Waals surface area contributed by atoms with Crippen LogP contribution in [0, 0.1) is 0 Å². The Balaban J connectivity index is 2.03. The molecule has 0 aliphatic heterocycles. The highest BCUT2D eigenvalue weighted by Crippen LogP contribution is 2.46. The third kappa shape index (κ3) is 2.83. The maximum atomic E-state index is 13.4. The third-order valence-electron chi connectivity index (χ3n) is 5.74. The Morgan fingerprint density at radius 3 is 2.59 bits per heavy atom. The van der Waals surface area contributed by atoms with E-state index in [1.807, 2.05) is 18.2 Å². The van der Waals surface area contributed by atoms with Crippen LogP contribution in [0.25, 0.3) is 10.9 Å². The van der Waals surface area contributed by atoms with Crippen molar-refractivity contribution in [3.63, 3.8) is 0 Å². The van der Waals surface area contributed by atoms with Crippen molar-refractivity contribution in [3.8, 4) is 0 Å². The van der Waals surface area contributed by atoms with Gasteiger partial charge in [0.15, 0.2) is 0 Å². The maximum absolute atomic E-state index is 13.4. The summed E-state index contributed by atoms with van der Waals surface area (Å²) in [6, 6.07) is 13.0. The maximum Gasteiger partial charge on any atom is 0.268 e. The molecule has 0 fully saturated rings. The Hall–Kier alpha value is -2.33. The van der Waals surface area contributed by atoms with Crippen molar-refractivity contribution in [1.82, 2.24) is 3.97 Å². The number of aryl methyl sites for hydroxylation is 1. The average Bonchev–Trinajstić information content (AvgIpc) is 3.22. The molecule has 0 N–H and O–H groups in total. The van der Waals surface area contributed by atoms with E-state index in [4.69, 9.17) is 0 Å². The molecular weight excluding hydrogens is 354 g/mol. The Morgan fingerprint density at radius 1 is 1.15 bits per heavy atom. The second kappa shape index (κ2) is 6.68. The Kier molecular flexibility index (Phi) is 4.47. The molecule has 2 atom stereocenters. The van der Waals surface area contributed by atoms with Gasteiger partial charge in [0, 0.05) is 11.6 Å². The minimum atomic E-state index is -3.63. The fourth-order valence-corrected chi connectivity index (χ4v) is 5.88. The van der Waals surface area contributed by atoms with Crippen molar-refractivity contribution >= 4 is 20.9 Å². The second-order valence-electron chi connectivity index (χ2n) is 7.60. The van der Waals surface area contributed by atoms with Crippen molar-refractivity contribution in [2.24, 2.45) is 0 Å². The lowest BCUT2D eigenvalue weighted by molar-refractivity contribution is 0.589. The first-order valence-electron chi connectivity index (χ1n) is 9.53. The van der Waals surface area contributed by atoms with E-state index < -0.39 is 10.0 Å². The minimum Gasteiger partial charge on any atom is -0.241 e. The zero-order chi connectivity index (χ0) is 19.2. The number of hydrogen-bond donors (Lipinski definition) is 0. The van der Waals surface area contributed by atoms with Crippen molar-refractivity contribution in [3.05, 3.63) is 78.0 Å². The number of fused-ring (bicyclic) bond motifs is 3. The first-order valence-corrected chi connectivity index (χ1v) is 11.0. The molecule has 0 spiro atoms. The van der Waals surface area contributed by atoms with Gasteiger partial charge in [-0.3, -0.25) is 0 Å². The molecule has 4 rings (SSSR count). The van der Waals surface area contributed by atoms with E-state index in [2.05, 4.69) is 26.5 Å². The van der Waals surface area contributed by atoms with Crippen LogP contribution in [0.15, 0.2) is 66.2 Å². The van der Waals surface area contributed by atoms with Crippen LogP contribution >= 0.6 is 0 Å². The zero-order valence-electron chi connectivity index (χ0n) is 15.9. The van der Waals surface area contributed by atoms with Crippen LogP contribution in [0.4, 0.5) is 0 Å². The molecule has 1 aliphatic rings. The van der Waals surface area contributed by atoms with Gasteiger partial charge >= 0.3 is 0 Å². The van der Waals surface area contributed by atoms with Crippen LogP contribution in [0.3, 0.4) is 0 Å². The molecule has 0 unspecified atom stereocenters. The number of nitrogens with zero attached hydrogens (tertiary/aromatic N) is 1. The molecule has 0 radical (unpaired) electrons. The van der Waals surface area contributed by atoms with E-state index in [-0.39, 0.29) is 0 Å². The summed E-state index contributed by atoms with van der Waals surface area (Å²) < 4.78 is 28.2. The molecular formula is C23H25NO2S. The molecule has 0 saturated heterocycles. The first-order chi connectivity index (χ1) is 12.9. The molecule has 140 valence electrons. The van der Waals surface area contributed by atoms with Gasteiger partial charge in [-0.05, 0) is 66.0 Å². The summed E-state index contributed by atoms with van der Waals surface area (Å²) in [4.78, 5) is 0.325. The molecule has 1 heterocycles. The van der Waals surface area contributed by atoms with Crippen molar-refractivity contribution < 1.29 is 8.42 Å². The van der Waals surface area contributed by atoms with Gasteiger partial charge in [0.1, 0.15) is 0 Å². The van der Waals surface area contributed by atoms with E-state index in [1.54, 1.807) is 30.5 Å². The highest BCUT2D eigenvalue weighted by Gasteiger charge is 2.31. The van der Waals surface area contributed by atoms with E-state index in [1.165, 1.54) is 20.7 Å². The molecule has 0 bridgehead atoms. The number of allylic oxidation sites excluding steroid dienone is 1. The molecule has 27 heavy (non-hydrogen) atoms. The summed E-state index contributed by atoms with van der Waals surface area (Å²) in [6.45, 7) is 8.28. The summed E-state index contributed by atoms with van der Waals surface area (Å²) in [7, 11) is -3.63. The number of benzene rings is 2. The van der Waals surface area contributed by atoms with Crippen molar-refractivity contribution in [2.75, 3.05) is 0 Å². The summed E-state index contributed by atoms with van der Waals surface area (Å²) in [5, 5.41) is 1.05. The van der Waals surface area contributed by atoms with Crippen LogP contribution in [0.1, 0.15) is 55.2 Å². The third-order valence-corrected chi connectivity index (χ3v) is 7.43. The van der Waals surface area contributed by atoms with Gasteiger partial charge in [-0.1, -0.05) is 44.2 Å². The highest BCUT2D eigenvalue weighted by atomic mass is 32.2. The second-order valence-corrected chi connectivity index (χ2v) is 9.41. The van der Waals surface area contributed by atoms with Crippen LogP contribution in [-0.2, 0) is 16.4 Å². The fraction of sp³-hybridized carbons (Fsp3) is 0.304. The molecule has 3 aromatic rings. The average molecular weight is 380 g/mol. The zero-order valence-corrected chi connectivity index (χ0v) is 16.7. The van der Waals surface area contributed by atoms with Gasteiger partial charge in [0.05, 0.1) is 10.4 Å². The lowest BCUT2D eigenvalue weighted by Crippen LogP contribution is -2.13. The Labute approximate surface area is 161 Å².